The van der Waals surface area contributed by atoms with Gasteiger partial charge in [0.15, 0.2) is 0 Å². The van der Waals surface area contributed by atoms with E-state index in [-0.39, 0.29) is 24.3 Å². The molecular weight excluding hydrogens is 257 g/mol. The Kier molecular flexibility index (Phi) is 5.53. The molecule has 1 unspecified atom stereocenters. The van der Waals surface area contributed by atoms with Crippen molar-refractivity contribution in [2.45, 2.75) is 31.8 Å². The molecule has 3 nitrogen and oxygen atoms in total. The van der Waals surface area contributed by atoms with Crippen LogP contribution in [-0.2, 0) is 0 Å². The minimum Gasteiger partial charge on any atom is -0.394 e. The third-order valence-corrected chi connectivity index (χ3v) is 3.55. The summed E-state index contributed by atoms with van der Waals surface area (Å²) in [4.78, 5) is 0. The summed E-state index contributed by atoms with van der Waals surface area (Å²) in [5.41, 5.74) is -0.0353. The first kappa shape index (κ1) is 15.4. The number of benzene rings is 1. The molecular formula is C13H19ClFNO2. The molecule has 0 heterocycles. The second-order valence-corrected chi connectivity index (χ2v) is 4.90. The van der Waals surface area contributed by atoms with Gasteiger partial charge in [-0.1, -0.05) is 24.6 Å². The molecule has 5 heteroatoms. The number of nitrogens with one attached hydrogen (secondary N) is 1. The van der Waals surface area contributed by atoms with Crippen molar-refractivity contribution in [3.05, 3.63) is 34.6 Å². The minimum absolute atomic E-state index is 0.0806. The zero-order chi connectivity index (χ0) is 13.8. The fraction of sp³-hybridized carbons (Fsp3) is 0.538. The summed E-state index contributed by atoms with van der Waals surface area (Å²) in [7, 11) is 0. The third kappa shape index (κ3) is 3.42. The van der Waals surface area contributed by atoms with Gasteiger partial charge in [0, 0.05) is 6.04 Å². The van der Waals surface area contributed by atoms with Crippen molar-refractivity contribution in [3.8, 4) is 0 Å². The van der Waals surface area contributed by atoms with Gasteiger partial charge in [-0.3, -0.25) is 0 Å². The summed E-state index contributed by atoms with van der Waals surface area (Å²) >= 11 is 5.62. The third-order valence-electron chi connectivity index (χ3n) is 3.25. The smallest absolute Gasteiger partial charge is 0.142 e. The Bertz CT molecular complexity index is 388. The lowest BCUT2D eigenvalue weighted by Gasteiger charge is -2.33. The van der Waals surface area contributed by atoms with Crippen LogP contribution in [-0.4, -0.2) is 29.0 Å². The largest absolute Gasteiger partial charge is 0.394 e. The van der Waals surface area contributed by atoms with Crippen molar-refractivity contribution in [3.63, 3.8) is 0 Å². The number of hydrogen-bond donors (Lipinski definition) is 3. The summed E-state index contributed by atoms with van der Waals surface area (Å²) in [5, 5.41) is 21.9. The van der Waals surface area contributed by atoms with Crippen LogP contribution in [0.25, 0.3) is 0 Å². The summed E-state index contributed by atoms with van der Waals surface area (Å²) in [5.74, 6) is -0.474. The lowest BCUT2D eigenvalue weighted by atomic mass is 9.95. The highest BCUT2D eigenvalue weighted by atomic mass is 35.5. The molecule has 18 heavy (non-hydrogen) atoms. The normalized spacial score (nSPS) is 13.7. The molecule has 0 aliphatic carbocycles. The molecule has 0 saturated carbocycles. The van der Waals surface area contributed by atoms with E-state index in [1.807, 2.05) is 13.8 Å². The average Bonchev–Trinajstić information content (AvgIpc) is 2.39. The van der Waals surface area contributed by atoms with Crippen molar-refractivity contribution in [1.29, 1.82) is 0 Å². The summed E-state index contributed by atoms with van der Waals surface area (Å²) in [6.45, 7) is 3.35. The second kappa shape index (κ2) is 6.48. The predicted octanol–water partition coefficient (Wildman–Crippen LogP) is 2.26. The quantitative estimate of drug-likeness (QED) is 0.746. The van der Waals surface area contributed by atoms with Gasteiger partial charge in [0.1, 0.15) is 5.82 Å². The predicted molar refractivity (Wildman–Crippen MR) is 70.2 cm³/mol. The van der Waals surface area contributed by atoms with Crippen molar-refractivity contribution in [2.24, 2.45) is 0 Å². The van der Waals surface area contributed by atoms with Gasteiger partial charge < -0.3 is 15.5 Å². The van der Waals surface area contributed by atoms with Crippen molar-refractivity contribution in [1.82, 2.24) is 5.32 Å². The molecule has 0 spiro atoms. The van der Waals surface area contributed by atoms with E-state index >= 15 is 0 Å². The molecule has 102 valence electrons. The molecule has 0 fully saturated rings. The van der Waals surface area contributed by atoms with Crippen LogP contribution in [0.4, 0.5) is 4.39 Å². The van der Waals surface area contributed by atoms with Crippen LogP contribution in [0.15, 0.2) is 18.2 Å². The van der Waals surface area contributed by atoms with Crippen LogP contribution in [0.5, 0.6) is 0 Å². The van der Waals surface area contributed by atoms with E-state index in [0.717, 1.165) is 5.56 Å². The van der Waals surface area contributed by atoms with Crippen LogP contribution in [0, 0.1) is 5.82 Å². The molecule has 1 aromatic carbocycles. The standard InChI is InChI=1S/C13H19ClFNO2/c1-3-13(7-17,8-18)16-9(2)10-4-5-11(14)12(15)6-10/h4-6,9,16-18H,3,7-8H2,1-2H3. The summed E-state index contributed by atoms with van der Waals surface area (Å²) < 4.78 is 13.4. The molecule has 0 bridgehead atoms. The molecule has 0 aromatic heterocycles. The van der Waals surface area contributed by atoms with Gasteiger partial charge in [-0.05, 0) is 31.0 Å². The van der Waals surface area contributed by atoms with E-state index in [9.17, 15) is 14.6 Å². The Balaban J connectivity index is 2.86. The number of hydrogen-bond acceptors (Lipinski definition) is 3. The van der Waals surface area contributed by atoms with E-state index in [4.69, 9.17) is 11.6 Å². The Morgan fingerprint density at radius 2 is 2.00 bits per heavy atom. The first-order valence-electron chi connectivity index (χ1n) is 5.92. The molecule has 0 radical (unpaired) electrons. The Labute approximate surface area is 112 Å². The van der Waals surface area contributed by atoms with Crippen LogP contribution in [0.3, 0.4) is 0 Å². The van der Waals surface area contributed by atoms with Crippen LogP contribution >= 0.6 is 11.6 Å². The van der Waals surface area contributed by atoms with Gasteiger partial charge in [-0.25, -0.2) is 4.39 Å². The zero-order valence-corrected chi connectivity index (χ0v) is 11.3. The maximum Gasteiger partial charge on any atom is 0.142 e. The van der Waals surface area contributed by atoms with Gasteiger partial charge in [-0.2, -0.15) is 0 Å². The lowest BCUT2D eigenvalue weighted by Crippen LogP contribution is -2.52. The van der Waals surface area contributed by atoms with Crippen LogP contribution in [0.1, 0.15) is 31.9 Å². The Hall–Kier alpha value is -0.680. The molecule has 1 aromatic rings. The van der Waals surface area contributed by atoms with Gasteiger partial charge in [0.05, 0.1) is 23.8 Å². The van der Waals surface area contributed by atoms with Crippen molar-refractivity contribution >= 4 is 11.6 Å². The first-order chi connectivity index (χ1) is 8.48. The van der Waals surface area contributed by atoms with E-state index in [0.29, 0.717) is 6.42 Å². The summed E-state index contributed by atoms with van der Waals surface area (Å²) in [6, 6.07) is 4.37. The van der Waals surface area contributed by atoms with E-state index < -0.39 is 11.4 Å². The van der Waals surface area contributed by atoms with E-state index in [1.165, 1.54) is 12.1 Å². The molecule has 1 atom stereocenters. The molecule has 0 saturated heterocycles. The van der Waals surface area contributed by atoms with Crippen LogP contribution in [0.2, 0.25) is 5.02 Å². The highest BCUT2D eigenvalue weighted by Gasteiger charge is 2.28. The molecule has 0 aliphatic heterocycles. The fourth-order valence-electron chi connectivity index (χ4n) is 1.79. The Morgan fingerprint density at radius 1 is 1.39 bits per heavy atom. The first-order valence-corrected chi connectivity index (χ1v) is 6.30. The maximum absolute atomic E-state index is 13.4. The topological polar surface area (TPSA) is 52.5 Å². The number of halogens is 2. The highest BCUT2D eigenvalue weighted by Crippen LogP contribution is 2.22. The number of aliphatic hydroxyl groups excluding tert-OH is 2. The molecule has 3 N–H and O–H groups in total. The number of rotatable bonds is 6. The second-order valence-electron chi connectivity index (χ2n) is 4.49. The molecule has 0 amide bonds. The van der Waals surface area contributed by atoms with Crippen LogP contribution < -0.4 is 5.32 Å². The maximum atomic E-state index is 13.4. The fourth-order valence-corrected chi connectivity index (χ4v) is 1.91. The van der Waals surface area contributed by atoms with E-state index in [2.05, 4.69) is 5.32 Å². The van der Waals surface area contributed by atoms with Gasteiger partial charge >= 0.3 is 0 Å². The van der Waals surface area contributed by atoms with Crippen molar-refractivity contribution < 1.29 is 14.6 Å². The SMILES string of the molecule is CCC(CO)(CO)NC(C)c1ccc(Cl)c(F)c1. The lowest BCUT2D eigenvalue weighted by molar-refractivity contribution is 0.0793. The molecule has 0 aliphatic rings. The number of aliphatic hydroxyl groups is 2. The van der Waals surface area contributed by atoms with Gasteiger partial charge in [0.2, 0.25) is 0 Å². The monoisotopic (exact) mass is 275 g/mol. The Morgan fingerprint density at radius 3 is 2.44 bits per heavy atom. The van der Waals surface area contributed by atoms with E-state index in [1.54, 1.807) is 6.07 Å². The molecule has 1 rings (SSSR count). The minimum atomic E-state index is -0.754. The zero-order valence-electron chi connectivity index (χ0n) is 10.6. The van der Waals surface area contributed by atoms with Crippen molar-refractivity contribution in [2.75, 3.05) is 13.2 Å². The van der Waals surface area contributed by atoms with Gasteiger partial charge in [-0.15, -0.1) is 0 Å². The highest BCUT2D eigenvalue weighted by molar-refractivity contribution is 6.30. The summed E-state index contributed by atoms with van der Waals surface area (Å²) in [6.07, 6.45) is 0.570. The average molecular weight is 276 g/mol. The van der Waals surface area contributed by atoms with Gasteiger partial charge in [0.25, 0.3) is 0 Å².